The molecule has 1 saturated carbocycles. The normalized spacial score (nSPS) is 23.2. The molecule has 7 nitrogen and oxygen atoms in total. The summed E-state index contributed by atoms with van der Waals surface area (Å²) in [7, 11) is 1.92. The number of carbonyl (C=O) groups is 1. The van der Waals surface area contributed by atoms with Crippen molar-refractivity contribution < 1.29 is 9.90 Å². The number of aliphatic hydroxyl groups excluding tert-OH is 1. The molecule has 1 aromatic carbocycles. The lowest BCUT2D eigenvalue weighted by molar-refractivity contribution is 0.0812. The Bertz CT molecular complexity index is 929. The van der Waals surface area contributed by atoms with Gasteiger partial charge in [-0.2, -0.15) is 0 Å². The molecule has 2 heterocycles. The van der Waals surface area contributed by atoms with Crippen LogP contribution in [0.5, 0.6) is 0 Å². The Balaban J connectivity index is 1.49. The SMILES string of the molecule is Cc1nccn1[C@@H]1CC[C@@H](NC(=O)c2ccc3c(c2)ncn3C)[C@H]1O. The Kier molecular flexibility index (Phi) is 3.80. The van der Waals surface area contributed by atoms with Gasteiger partial charge in [0.25, 0.3) is 5.91 Å². The zero-order chi connectivity index (χ0) is 17.6. The lowest BCUT2D eigenvalue weighted by Crippen LogP contribution is -2.42. The van der Waals surface area contributed by atoms with Crippen molar-refractivity contribution in [2.24, 2.45) is 7.05 Å². The summed E-state index contributed by atoms with van der Waals surface area (Å²) in [6, 6.07) is 5.14. The molecule has 0 radical (unpaired) electrons. The van der Waals surface area contributed by atoms with Gasteiger partial charge in [0.15, 0.2) is 0 Å². The third-order valence-corrected chi connectivity index (χ3v) is 5.10. The largest absolute Gasteiger partial charge is 0.389 e. The molecule has 130 valence electrons. The van der Waals surface area contributed by atoms with E-state index in [4.69, 9.17) is 0 Å². The molecule has 3 aromatic rings. The van der Waals surface area contributed by atoms with Gasteiger partial charge < -0.3 is 19.6 Å². The van der Waals surface area contributed by atoms with E-state index in [-0.39, 0.29) is 18.0 Å². The van der Waals surface area contributed by atoms with E-state index in [2.05, 4.69) is 15.3 Å². The molecule has 4 rings (SSSR count). The Morgan fingerprint density at radius 3 is 2.92 bits per heavy atom. The lowest BCUT2D eigenvalue weighted by atomic mass is 10.1. The van der Waals surface area contributed by atoms with Crippen LogP contribution in [-0.4, -0.2) is 42.3 Å². The summed E-state index contributed by atoms with van der Waals surface area (Å²) in [5, 5.41) is 13.6. The Labute approximate surface area is 145 Å². The van der Waals surface area contributed by atoms with Crippen molar-refractivity contribution >= 4 is 16.9 Å². The summed E-state index contributed by atoms with van der Waals surface area (Å²) in [4.78, 5) is 21.1. The number of fused-ring (bicyclic) bond motifs is 1. The van der Waals surface area contributed by atoms with E-state index in [9.17, 15) is 9.90 Å². The Morgan fingerprint density at radius 1 is 1.32 bits per heavy atom. The van der Waals surface area contributed by atoms with Gasteiger partial charge in [-0.1, -0.05) is 0 Å². The highest BCUT2D eigenvalue weighted by molar-refractivity contribution is 5.97. The molecule has 1 aliphatic rings. The van der Waals surface area contributed by atoms with Crippen LogP contribution in [0, 0.1) is 6.92 Å². The minimum Gasteiger partial charge on any atom is -0.389 e. The lowest BCUT2D eigenvalue weighted by Gasteiger charge is -2.22. The van der Waals surface area contributed by atoms with Crippen molar-refractivity contribution in [2.45, 2.75) is 38.0 Å². The molecule has 1 fully saturated rings. The average molecular weight is 339 g/mol. The van der Waals surface area contributed by atoms with Crippen LogP contribution in [-0.2, 0) is 7.05 Å². The number of aliphatic hydroxyl groups is 1. The Morgan fingerprint density at radius 2 is 2.16 bits per heavy atom. The first kappa shape index (κ1) is 15.8. The van der Waals surface area contributed by atoms with E-state index in [1.54, 1.807) is 24.7 Å². The van der Waals surface area contributed by atoms with Crippen molar-refractivity contribution in [1.29, 1.82) is 0 Å². The number of aromatic nitrogens is 4. The molecule has 2 aromatic heterocycles. The van der Waals surface area contributed by atoms with Gasteiger partial charge in [-0.3, -0.25) is 4.79 Å². The molecule has 1 amide bonds. The summed E-state index contributed by atoms with van der Waals surface area (Å²) < 4.78 is 3.90. The average Bonchev–Trinajstić information content (AvgIpc) is 3.28. The zero-order valence-corrected chi connectivity index (χ0v) is 14.3. The van der Waals surface area contributed by atoms with Crippen LogP contribution in [0.4, 0.5) is 0 Å². The van der Waals surface area contributed by atoms with E-state index in [1.165, 1.54) is 0 Å². The van der Waals surface area contributed by atoms with Crippen LogP contribution in [0.2, 0.25) is 0 Å². The van der Waals surface area contributed by atoms with Gasteiger partial charge in [0, 0.05) is 25.0 Å². The summed E-state index contributed by atoms with van der Waals surface area (Å²) in [6.07, 6.45) is 6.25. The van der Waals surface area contributed by atoms with Crippen molar-refractivity contribution in [3.05, 3.63) is 48.3 Å². The molecule has 25 heavy (non-hydrogen) atoms. The summed E-state index contributed by atoms with van der Waals surface area (Å²) >= 11 is 0. The van der Waals surface area contributed by atoms with Crippen molar-refractivity contribution in [3.8, 4) is 0 Å². The van der Waals surface area contributed by atoms with Gasteiger partial charge in [-0.25, -0.2) is 9.97 Å². The maximum Gasteiger partial charge on any atom is 0.251 e. The van der Waals surface area contributed by atoms with E-state index >= 15 is 0 Å². The molecular formula is C18H21N5O2. The standard InChI is InChI=1S/C18H21N5O2/c1-11-19-7-8-23(11)16-6-4-13(17(16)24)21-18(25)12-3-5-15-14(9-12)20-10-22(15)2/h3,5,7-10,13,16-17,24H,4,6H2,1-2H3,(H,21,25)/t13-,16-,17-/m1/s1. The maximum absolute atomic E-state index is 12.6. The van der Waals surface area contributed by atoms with Crippen LogP contribution in [0.3, 0.4) is 0 Å². The van der Waals surface area contributed by atoms with Crippen LogP contribution < -0.4 is 5.32 Å². The fourth-order valence-electron chi connectivity index (χ4n) is 3.69. The molecule has 1 aliphatic carbocycles. The summed E-state index contributed by atoms with van der Waals surface area (Å²) in [5.74, 6) is 0.691. The summed E-state index contributed by atoms with van der Waals surface area (Å²) in [5.41, 5.74) is 2.32. The molecule has 0 aliphatic heterocycles. The van der Waals surface area contributed by atoms with Crippen molar-refractivity contribution in [3.63, 3.8) is 0 Å². The Hall–Kier alpha value is -2.67. The second-order valence-corrected chi connectivity index (χ2v) is 6.66. The minimum atomic E-state index is -0.629. The number of carbonyl (C=O) groups excluding carboxylic acids is 1. The van der Waals surface area contributed by atoms with Gasteiger partial charge in [0.1, 0.15) is 5.82 Å². The number of imidazole rings is 2. The van der Waals surface area contributed by atoms with Crippen molar-refractivity contribution in [2.75, 3.05) is 0 Å². The van der Waals surface area contributed by atoms with Gasteiger partial charge in [0.05, 0.1) is 35.5 Å². The zero-order valence-electron chi connectivity index (χ0n) is 14.3. The van der Waals surface area contributed by atoms with E-state index in [0.29, 0.717) is 5.56 Å². The minimum absolute atomic E-state index is 0.0499. The van der Waals surface area contributed by atoms with Crippen LogP contribution in [0.15, 0.2) is 36.9 Å². The van der Waals surface area contributed by atoms with Crippen LogP contribution in [0.25, 0.3) is 11.0 Å². The van der Waals surface area contributed by atoms with E-state index in [0.717, 1.165) is 29.7 Å². The first-order chi connectivity index (χ1) is 12.0. The van der Waals surface area contributed by atoms with Gasteiger partial charge in [-0.05, 0) is 38.0 Å². The number of benzene rings is 1. The quantitative estimate of drug-likeness (QED) is 0.759. The number of hydrogen-bond donors (Lipinski definition) is 2. The second kappa shape index (κ2) is 6.00. The van der Waals surface area contributed by atoms with Gasteiger partial charge in [0.2, 0.25) is 0 Å². The maximum atomic E-state index is 12.6. The third kappa shape index (κ3) is 2.70. The summed E-state index contributed by atoms with van der Waals surface area (Å²) in [6.45, 7) is 1.92. The monoisotopic (exact) mass is 339 g/mol. The first-order valence-electron chi connectivity index (χ1n) is 8.44. The molecule has 3 atom stereocenters. The van der Waals surface area contributed by atoms with E-state index in [1.807, 2.05) is 35.4 Å². The predicted molar refractivity (Wildman–Crippen MR) is 93.2 cm³/mol. The van der Waals surface area contributed by atoms with Crippen LogP contribution in [0.1, 0.15) is 35.1 Å². The smallest absolute Gasteiger partial charge is 0.251 e. The number of nitrogens with one attached hydrogen (secondary N) is 1. The number of amides is 1. The molecular weight excluding hydrogens is 318 g/mol. The second-order valence-electron chi connectivity index (χ2n) is 6.66. The fourth-order valence-corrected chi connectivity index (χ4v) is 3.69. The van der Waals surface area contributed by atoms with E-state index < -0.39 is 6.10 Å². The highest BCUT2D eigenvalue weighted by Gasteiger charge is 2.37. The third-order valence-electron chi connectivity index (χ3n) is 5.10. The number of aryl methyl sites for hydroxylation is 2. The molecule has 0 bridgehead atoms. The fraction of sp³-hybridized carbons (Fsp3) is 0.389. The number of rotatable bonds is 3. The topological polar surface area (TPSA) is 85.0 Å². The van der Waals surface area contributed by atoms with Crippen molar-refractivity contribution in [1.82, 2.24) is 24.4 Å². The molecule has 7 heteroatoms. The molecule has 0 saturated heterocycles. The first-order valence-corrected chi connectivity index (χ1v) is 8.44. The van der Waals surface area contributed by atoms with Gasteiger partial charge >= 0.3 is 0 Å². The molecule has 0 spiro atoms. The highest BCUT2D eigenvalue weighted by atomic mass is 16.3. The molecule has 0 unspecified atom stereocenters. The number of hydrogen-bond acceptors (Lipinski definition) is 4. The predicted octanol–water partition coefficient (Wildman–Crippen LogP) is 1.57. The van der Waals surface area contributed by atoms with Crippen LogP contribution >= 0.6 is 0 Å². The number of nitrogens with zero attached hydrogens (tertiary/aromatic N) is 4. The highest BCUT2D eigenvalue weighted by Crippen LogP contribution is 2.31. The molecule has 2 N–H and O–H groups in total. The van der Waals surface area contributed by atoms with Gasteiger partial charge in [-0.15, -0.1) is 0 Å².